The molecule has 140 valence electrons. The third-order valence-electron chi connectivity index (χ3n) is 5.14. The van der Waals surface area contributed by atoms with Gasteiger partial charge in [-0.15, -0.1) is 12.4 Å². The number of hydrogen-bond donors (Lipinski definition) is 1. The van der Waals surface area contributed by atoms with Crippen molar-refractivity contribution in [1.82, 2.24) is 15.1 Å². The molecule has 2 saturated heterocycles. The molecular formula is C18H28ClN3O3. The number of piperidine rings is 1. The van der Waals surface area contributed by atoms with E-state index in [1.54, 1.807) is 6.07 Å². The maximum Gasteiger partial charge on any atom is 0.289 e. The number of halogens is 1. The van der Waals surface area contributed by atoms with Crippen molar-refractivity contribution in [2.75, 3.05) is 32.7 Å². The number of furan rings is 1. The number of carbonyl (C=O) groups is 2. The van der Waals surface area contributed by atoms with Gasteiger partial charge >= 0.3 is 0 Å². The highest BCUT2D eigenvalue weighted by atomic mass is 35.5. The summed E-state index contributed by atoms with van der Waals surface area (Å²) in [4.78, 5) is 29.0. The van der Waals surface area contributed by atoms with Crippen LogP contribution in [-0.2, 0) is 11.2 Å². The molecule has 1 N–H and O–H groups in total. The van der Waals surface area contributed by atoms with Gasteiger partial charge in [-0.05, 0) is 31.9 Å². The Labute approximate surface area is 155 Å². The molecule has 0 aromatic carbocycles. The third kappa shape index (κ3) is 4.36. The lowest BCUT2D eigenvalue weighted by molar-refractivity contribution is -0.139. The molecule has 6 nitrogen and oxygen atoms in total. The molecule has 0 radical (unpaired) electrons. The number of nitrogens with one attached hydrogen (secondary N) is 1. The van der Waals surface area contributed by atoms with Gasteiger partial charge in [-0.2, -0.15) is 0 Å². The highest BCUT2D eigenvalue weighted by Gasteiger charge is 2.33. The molecule has 3 heterocycles. The third-order valence-corrected chi connectivity index (χ3v) is 5.14. The maximum absolute atomic E-state index is 12.7. The number of aryl methyl sites for hydroxylation is 1. The molecule has 2 fully saturated rings. The number of piperazine rings is 1. The first kappa shape index (κ1) is 19.8. The van der Waals surface area contributed by atoms with Gasteiger partial charge in [-0.1, -0.05) is 6.92 Å². The molecule has 0 spiro atoms. The molecule has 1 aromatic heterocycles. The van der Waals surface area contributed by atoms with E-state index in [4.69, 9.17) is 4.42 Å². The zero-order chi connectivity index (χ0) is 17.1. The topological polar surface area (TPSA) is 65.8 Å². The molecule has 2 aliphatic heterocycles. The average molecular weight is 370 g/mol. The van der Waals surface area contributed by atoms with Crippen molar-refractivity contribution >= 4 is 24.2 Å². The maximum atomic E-state index is 12.7. The van der Waals surface area contributed by atoms with Crippen LogP contribution < -0.4 is 5.32 Å². The van der Waals surface area contributed by atoms with Crippen LogP contribution >= 0.6 is 12.4 Å². The van der Waals surface area contributed by atoms with Gasteiger partial charge in [0.1, 0.15) is 5.76 Å². The summed E-state index contributed by atoms with van der Waals surface area (Å²) in [5.41, 5.74) is 0. The summed E-state index contributed by atoms with van der Waals surface area (Å²) >= 11 is 0. The van der Waals surface area contributed by atoms with E-state index in [2.05, 4.69) is 12.2 Å². The number of carbonyl (C=O) groups excluding carboxylic acids is 2. The minimum Gasteiger partial charge on any atom is -0.456 e. The lowest BCUT2D eigenvalue weighted by Crippen LogP contribution is -2.55. The highest BCUT2D eigenvalue weighted by Crippen LogP contribution is 2.23. The number of nitrogens with zero attached hydrogens (tertiary/aromatic N) is 2. The van der Waals surface area contributed by atoms with Gasteiger partial charge in [0.05, 0.1) is 0 Å². The first-order chi connectivity index (χ1) is 11.6. The Bertz CT molecular complexity index is 596. The highest BCUT2D eigenvalue weighted by molar-refractivity contribution is 5.91. The average Bonchev–Trinajstić information content (AvgIpc) is 3.10. The zero-order valence-corrected chi connectivity index (χ0v) is 15.8. The van der Waals surface area contributed by atoms with Crippen LogP contribution in [0.4, 0.5) is 0 Å². The standard InChI is InChI=1S/C18H27N3O3.ClH/c1-3-15-4-5-16(24-15)18(23)20-9-6-14(7-10-20)17(22)21-11-8-19-12-13(21)2;/h4-5,13-14,19H,3,6-12H2,1-2H3;1H/t13-;/m1./s1. The van der Waals surface area contributed by atoms with Crippen LogP contribution in [0.25, 0.3) is 0 Å². The normalized spacial score (nSPS) is 21.8. The Hall–Kier alpha value is -1.53. The smallest absolute Gasteiger partial charge is 0.289 e. The van der Waals surface area contributed by atoms with E-state index in [0.29, 0.717) is 18.8 Å². The molecule has 3 rings (SSSR count). The van der Waals surface area contributed by atoms with Gasteiger partial charge in [0.15, 0.2) is 5.76 Å². The van der Waals surface area contributed by atoms with Crippen LogP contribution in [-0.4, -0.2) is 60.4 Å². The number of likely N-dealkylation sites (tertiary alicyclic amines) is 1. The molecule has 0 saturated carbocycles. The first-order valence-corrected chi connectivity index (χ1v) is 8.99. The monoisotopic (exact) mass is 369 g/mol. The van der Waals surface area contributed by atoms with Crippen LogP contribution in [0.5, 0.6) is 0 Å². The van der Waals surface area contributed by atoms with E-state index in [9.17, 15) is 9.59 Å². The van der Waals surface area contributed by atoms with Crippen molar-refractivity contribution in [2.45, 2.75) is 39.2 Å². The van der Waals surface area contributed by atoms with Crippen molar-refractivity contribution in [2.24, 2.45) is 5.92 Å². The summed E-state index contributed by atoms with van der Waals surface area (Å²) < 4.78 is 5.56. The minimum atomic E-state index is -0.0591. The fourth-order valence-electron chi connectivity index (χ4n) is 3.57. The SMILES string of the molecule is CCc1ccc(C(=O)N2CCC(C(=O)N3CCNC[C@H]3C)CC2)o1.Cl. The zero-order valence-electron chi connectivity index (χ0n) is 15.0. The second-order valence-corrected chi connectivity index (χ2v) is 6.77. The summed E-state index contributed by atoms with van der Waals surface area (Å²) in [5.74, 6) is 1.47. The van der Waals surface area contributed by atoms with E-state index in [1.165, 1.54) is 0 Å². The molecule has 0 aliphatic carbocycles. The second kappa shape index (κ2) is 8.72. The van der Waals surface area contributed by atoms with Gasteiger partial charge in [0, 0.05) is 51.1 Å². The van der Waals surface area contributed by atoms with E-state index in [-0.39, 0.29) is 36.2 Å². The first-order valence-electron chi connectivity index (χ1n) is 8.99. The van der Waals surface area contributed by atoms with Crippen molar-refractivity contribution in [3.63, 3.8) is 0 Å². The van der Waals surface area contributed by atoms with E-state index < -0.39 is 0 Å². The fraction of sp³-hybridized carbons (Fsp3) is 0.667. The van der Waals surface area contributed by atoms with Crippen molar-refractivity contribution in [1.29, 1.82) is 0 Å². The minimum absolute atomic E-state index is 0. The number of hydrogen-bond acceptors (Lipinski definition) is 4. The molecule has 0 unspecified atom stereocenters. The summed E-state index contributed by atoms with van der Waals surface area (Å²) in [5, 5.41) is 3.31. The predicted molar refractivity (Wildman–Crippen MR) is 98.0 cm³/mol. The Kier molecular flexibility index (Phi) is 6.90. The van der Waals surface area contributed by atoms with Crippen LogP contribution in [0.2, 0.25) is 0 Å². The van der Waals surface area contributed by atoms with Crippen molar-refractivity contribution < 1.29 is 14.0 Å². The number of amides is 2. The Balaban J connectivity index is 0.00000225. The lowest BCUT2D eigenvalue weighted by atomic mass is 9.94. The van der Waals surface area contributed by atoms with E-state index >= 15 is 0 Å². The van der Waals surface area contributed by atoms with Crippen molar-refractivity contribution in [3.8, 4) is 0 Å². The Morgan fingerprint density at radius 2 is 1.96 bits per heavy atom. The van der Waals surface area contributed by atoms with E-state index in [1.807, 2.05) is 22.8 Å². The summed E-state index contributed by atoms with van der Waals surface area (Å²) in [6.07, 6.45) is 2.26. The van der Waals surface area contributed by atoms with Gasteiger partial charge in [-0.25, -0.2) is 0 Å². The summed E-state index contributed by atoms with van der Waals surface area (Å²) in [6.45, 7) is 7.85. The lowest BCUT2D eigenvalue weighted by Gasteiger charge is -2.38. The van der Waals surface area contributed by atoms with Gasteiger partial charge in [0.25, 0.3) is 5.91 Å². The molecule has 1 atom stereocenters. The Morgan fingerprint density at radius 3 is 2.56 bits per heavy atom. The second-order valence-electron chi connectivity index (χ2n) is 6.77. The van der Waals surface area contributed by atoms with Gasteiger partial charge in [-0.3, -0.25) is 9.59 Å². The molecule has 2 amide bonds. The molecule has 7 heteroatoms. The molecule has 2 aliphatic rings. The quantitative estimate of drug-likeness (QED) is 0.884. The van der Waals surface area contributed by atoms with Gasteiger partial charge in [0.2, 0.25) is 5.91 Å². The molecule has 25 heavy (non-hydrogen) atoms. The predicted octanol–water partition coefficient (Wildman–Crippen LogP) is 1.94. The van der Waals surface area contributed by atoms with Crippen LogP contribution in [0.15, 0.2) is 16.5 Å². The molecule has 0 bridgehead atoms. The van der Waals surface area contributed by atoms with Crippen LogP contribution in [0.1, 0.15) is 43.0 Å². The number of rotatable bonds is 3. The molecular weight excluding hydrogens is 342 g/mol. The van der Waals surface area contributed by atoms with Crippen LogP contribution in [0, 0.1) is 5.92 Å². The van der Waals surface area contributed by atoms with Crippen LogP contribution in [0.3, 0.4) is 0 Å². The van der Waals surface area contributed by atoms with Gasteiger partial charge < -0.3 is 19.5 Å². The van der Waals surface area contributed by atoms with E-state index in [0.717, 1.165) is 44.7 Å². The Morgan fingerprint density at radius 1 is 1.24 bits per heavy atom. The molecule has 1 aromatic rings. The summed E-state index contributed by atoms with van der Waals surface area (Å²) in [6, 6.07) is 3.86. The largest absolute Gasteiger partial charge is 0.456 e. The fourth-order valence-corrected chi connectivity index (χ4v) is 3.57. The summed E-state index contributed by atoms with van der Waals surface area (Å²) in [7, 11) is 0. The van der Waals surface area contributed by atoms with Crippen molar-refractivity contribution in [3.05, 3.63) is 23.7 Å².